The lowest BCUT2D eigenvalue weighted by Crippen LogP contribution is -2.28. The van der Waals surface area contributed by atoms with E-state index < -0.39 is 16.1 Å². The third kappa shape index (κ3) is 4.35. The van der Waals surface area contributed by atoms with Crippen LogP contribution < -0.4 is 4.72 Å². The average molecular weight is 291 g/mol. The highest BCUT2D eigenvalue weighted by Crippen LogP contribution is 2.21. The normalized spacial score (nSPS) is 14.1. The number of aliphatic hydroxyl groups is 1. The fourth-order valence-electron chi connectivity index (χ4n) is 1.44. The molecule has 0 aliphatic rings. The van der Waals surface area contributed by atoms with E-state index >= 15 is 0 Å². The number of rotatable bonds is 7. The Morgan fingerprint density at radius 2 is 2.06 bits per heavy atom. The molecule has 1 aromatic rings. The molecule has 0 aliphatic carbocycles. The summed E-state index contributed by atoms with van der Waals surface area (Å²) in [5.41, 5.74) is 0. The van der Waals surface area contributed by atoms with E-state index in [1.54, 1.807) is 6.07 Å². The predicted octanol–water partition coefficient (Wildman–Crippen LogP) is 2.00. The topological polar surface area (TPSA) is 66.4 Å². The zero-order valence-corrected chi connectivity index (χ0v) is 12.6. The van der Waals surface area contributed by atoms with Crippen molar-refractivity contribution in [3.63, 3.8) is 0 Å². The highest BCUT2D eigenvalue weighted by molar-refractivity contribution is 7.91. The Balaban J connectivity index is 2.55. The molecule has 0 amide bonds. The van der Waals surface area contributed by atoms with Gasteiger partial charge in [0.25, 0.3) is 0 Å². The molecule has 0 aliphatic heterocycles. The van der Waals surface area contributed by atoms with Crippen LogP contribution in [0.15, 0.2) is 16.3 Å². The monoisotopic (exact) mass is 291 g/mol. The van der Waals surface area contributed by atoms with Crippen LogP contribution in [-0.2, 0) is 16.4 Å². The van der Waals surface area contributed by atoms with E-state index in [0.717, 1.165) is 11.3 Å². The van der Waals surface area contributed by atoms with Crippen LogP contribution in [0.5, 0.6) is 0 Å². The minimum Gasteiger partial charge on any atom is -0.393 e. The molecule has 6 heteroatoms. The smallest absolute Gasteiger partial charge is 0.250 e. The van der Waals surface area contributed by atoms with Crippen LogP contribution in [-0.4, -0.2) is 26.2 Å². The third-order valence-corrected chi connectivity index (χ3v) is 5.93. The maximum Gasteiger partial charge on any atom is 0.250 e. The Morgan fingerprint density at radius 3 is 2.56 bits per heavy atom. The molecule has 0 radical (unpaired) electrons. The molecule has 104 valence electrons. The zero-order valence-electron chi connectivity index (χ0n) is 11.0. The number of aryl methyl sites for hydroxylation is 1. The molecule has 0 fully saturated rings. The maximum absolute atomic E-state index is 11.9. The molecule has 0 spiro atoms. The van der Waals surface area contributed by atoms with E-state index in [1.165, 1.54) is 11.3 Å². The number of sulfonamides is 1. The molecule has 0 saturated carbocycles. The van der Waals surface area contributed by atoms with Gasteiger partial charge >= 0.3 is 0 Å². The van der Waals surface area contributed by atoms with Crippen LogP contribution in [0.2, 0.25) is 0 Å². The summed E-state index contributed by atoms with van der Waals surface area (Å²) < 4.78 is 26.7. The van der Waals surface area contributed by atoms with E-state index in [-0.39, 0.29) is 12.5 Å². The van der Waals surface area contributed by atoms with E-state index in [4.69, 9.17) is 0 Å². The third-order valence-electron chi connectivity index (χ3n) is 2.75. The first-order chi connectivity index (χ1) is 8.36. The second-order valence-corrected chi connectivity index (χ2v) is 7.73. The molecule has 18 heavy (non-hydrogen) atoms. The van der Waals surface area contributed by atoms with Gasteiger partial charge in [0.1, 0.15) is 4.21 Å². The zero-order chi connectivity index (χ0) is 13.8. The van der Waals surface area contributed by atoms with E-state index in [9.17, 15) is 13.5 Å². The van der Waals surface area contributed by atoms with Gasteiger partial charge in [0.05, 0.1) is 6.10 Å². The van der Waals surface area contributed by atoms with Crippen LogP contribution in [0.25, 0.3) is 0 Å². The lowest BCUT2D eigenvalue weighted by Gasteiger charge is -2.14. The molecule has 1 aromatic heterocycles. The minimum atomic E-state index is -3.41. The van der Waals surface area contributed by atoms with Gasteiger partial charge in [-0.15, -0.1) is 11.3 Å². The van der Waals surface area contributed by atoms with Gasteiger partial charge in [-0.25, -0.2) is 13.1 Å². The molecule has 0 saturated heterocycles. The van der Waals surface area contributed by atoms with Crippen molar-refractivity contribution in [1.82, 2.24) is 4.72 Å². The van der Waals surface area contributed by atoms with Crippen LogP contribution in [0, 0.1) is 5.92 Å². The first-order valence-corrected chi connectivity index (χ1v) is 8.43. The van der Waals surface area contributed by atoms with Crippen molar-refractivity contribution in [3.8, 4) is 0 Å². The van der Waals surface area contributed by atoms with Gasteiger partial charge in [-0.1, -0.05) is 20.8 Å². The molecule has 0 aromatic carbocycles. The number of nitrogens with one attached hydrogen (secondary N) is 1. The fourth-order valence-corrected chi connectivity index (χ4v) is 3.83. The van der Waals surface area contributed by atoms with Gasteiger partial charge in [0.15, 0.2) is 0 Å². The van der Waals surface area contributed by atoms with Crippen LogP contribution in [0.3, 0.4) is 0 Å². The van der Waals surface area contributed by atoms with Gasteiger partial charge in [0.2, 0.25) is 10.0 Å². The minimum absolute atomic E-state index is 0.142. The first-order valence-electron chi connectivity index (χ1n) is 6.13. The average Bonchev–Trinajstić information content (AvgIpc) is 2.77. The van der Waals surface area contributed by atoms with Gasteiger partial charge in [-0.3, -0.25) is 0 Å². The van der Waals surface area contributed by atoms with Crippen molar-refractivity contribution >= 4 is 21.4 Å². The van der Waals surface area contributed by atoms with Crippen LogP contribution >= 0.6 is 11.3 Å². The van der Waals surface area contributed by atoms with E-state index in [0.29, 0.717) is 10.6 Å². The second kappa shape index (κ2) is 6.65. The lowest BCUT2D eigenvalue weighted by molar-refractivity contribution is 0.118. The second-order valence-electron chi connectivity index (χ2n) is 4.57. The summed E-state index contributed by atoms with van der Waals surface area (Å²) >= 11 is 1.29. The molecule has 1 rings (SSSR count). The number of aliphatic hydroxyl groups excluding tert-OH is 1. The van der Waals surface area contributed by atoms with Crippen molar-refractivity contribution in [1.29, 1.82) is 0 Å². The van der Waals surface area contributed by atoms with Gasteiger partial charge in [-0.05, 0) is 30.9 Å². The van der Waals surface area contributed by atoms with Crippen molar-refractivity contribution in [2.45, 2.75) is 43.9 Å². The molecule has 1 heterocycles. The Morgan fingerprint density at radius 1 is 1.39 bits per heavy atom. The summed E-state index contributed by atoms with van der Waals surface area (Å²) in [5.74, 6) is 0.142. The van der Waals surface area contributed by atoms with Gasteiger partial charge < -0.3 is 5.11 Å². The largest absolute Gasteiger partial charge is 0.393 e. The molecule has 1 atom stereocenters. The number of hydrogen-bond acceptors (Lipinski definition) is 4. The summed E-state index contributed by atoms with van der Waals surface area (Å²) in [6.07, 6.45) is 0.803. The van der Waals surface area contributed by atoms with Crippen LogP contribution in [0.4, 0.5) is 0 Å². The first kappa shape index (κ1) is 15.6. The summed E-state index contributed by atoms with van der Waals surface area (Å²) in [6.45, 7) is 6.08. The van der Waals surface area contributed by atoms with Crippen molar-refractivity contribution in [3.05, 3.63) is 17.0 Å². The Hall–Kier alpha value is -0.430. The SMILES string of the molecule is CCc1ccc(S(=O)(=O)NCCC(O)C(C)C)s1. The highest BCUT2D eigenvalue weighted by atomic mass is 32.2. The number of hydrogen-bond donors (Lipinski definition) is 2. The maximum atomic E-state index is 11.9. The summed E-state index contributed by atoms with van der Waals surface area (Å²) in [6, 6.07) is 3.47. The Labute approximate surface area is 113 Å². The summed E-state index contributed by atoms with van der Waals surface area (Å²) in [5, 5.41) is 9.60. The Kier molecular flexibility index (Phi) is 5.78. The molecular formula is C12H21NO3S2. The standard InChI is InChI=1S/C12H21NO3S2/c1-4-10-5-6-12(17-10)18(15,16)13-8-7-11(14)9(2)3/h5-6,9,11,13-14H,4,7-8H2,1-3H3. The van der Waals surface area contributed by atoms with Crippen molar-refractivity contribution < 1.29 is 13.5 Å². The summed E-state index contributed by atoms with van der Waals surface area (Å²) in [7, 11) is -3.41. The summed E-state index contributed by atoms with van der Waals surface area (Å²) in [4.78, 5) is 1.05. The molecule has 2 N–H and O–H groups in total. The quantitative estimate of drug-likeness (QED) is 0.807. The molecular weight excluding hydrogens is 270 g/mol. The van der Waals surface area contributed by atoms with Gasteiger partial charge in [0, 0.05) is 11.4 Å². The predicted molar refractivity (Wildman–Crippen MR) is 74.3 cm³/mol. The van der Waals surface area contributed by atoms with Crippen molar-refractivity contribution in [2.24, 2.45) is 5.92 Å². The fraction of sp³-hybridized carbons (Fsp3) is 0.667. The number of thiophene rings is 1. The van der Waals surface area contributed by atoms with Gasteiger partial charge in [-0.2, -0.15) is 0 Å². The Bertz CT molecular complexity index is 465. The highest BCUT2D eigenvalue weighted by Gasteiger charge is 2.17. The lowest BCUT2D eigenvalue weighted by atomic mass is 10.1. The van der Waals surface area contributed by atoms with E-state index in [2.05, 4.69) is 4.72 Å². The van der Waals surface area contributed by atoms with E-state index in [1.807, 2.05) is 26.8 Å². The van der Waals surface area contributed by atoms with Crippen molar-refractivity contribution in [2.75, 3.05) is 6.54 Å². The molecule has 4 nitrogen and oxygen atoms in total. The van der Waals surface area contributed by atoms with Crippen LogP contribution in [0.1, 0.15) is 32.1 Å². The molecule has 0 bridgehead atoms. The molecule has 1 unspecified atom stereocenters.